The lowest BCUT2D eigenvalue weighted by Crippen LogP contribution is -2.31. The van der Waals surface area contributed by atoms with E-state index < -0.39 is 10.0 Å². The third kappa shape index (κ3) is 4.89. The van der Waals surface area contributed by atoms with E-state index in [1.807, 2.05) is 6.07 Å². The van der Waals surface area contributed by atoms with Crippen LogP contribution in [0.25, 0.3) is 0 Å². The minimum absolute atomic E-state index is 0.339. The molecule has 111 valence electrons. The van der Waals surface area contributed by atoms with Crippen LogP contribution in [0.15, 0.2) is 35.2 Å². The summed E-state index contributed by atoms with van der Waals surface area (Å²) in [7, 11) is -3.33. The van der Waals surface area contributed by atoms with Crippen molar-refractivity contribution in [2.45, 2.75) is 30.6 Å². The fraction of sp³-hybridized carbons (Fsp3) is 0.533. The number of hydrogen-bond acceptors (Lipinski definition) is 3. The first-order valence-electron chi connectivity index (χ1n) is 7.27. The van der Waals surface area contributed by atoms with Gasteiger partial charge < -0.3 is 4.90 Å². The van der Waals surface area contributed by atoms with Crippen molar-refractivity contribution in [1.82, 2.24) is 9.62 Å². The van der Waals surface area contributed by atoms with Crippen LogP contribution < -0.4 is 4.72 Å². The van der Waals surface area contributed by atoms with Crippen molar-refractivity contribution < 1.29 is 8.42 Å². The molecule has 1 saturated heterocycles. The largest absolute Gasteiger partial charge is 0.303 e. The van der Waals surface area contributed by atoms with Gasteiger partial charge in [-0.15, -0.1) is 0 Å². The van der Waals surface area contributed by atoms with Crippen molar-refractivity contribution in [2.75, 3.05) is 26.2 Å². The summed E-state index contributed by atoms with van der Waals surface area (Å²) in [5, 5.41) is 0. The zero-order valence-electron chi connectivity index (χ0n) is 11.8. The van der Waals surface area contributed by atoms with E-state index in [1.165, 1.54) is 12.8 Å². The molecular formula is C15H23N2O2S. The molecule has 0 bridgehead atoms. The number of sulfonamides is 1. The molecule has 20 heavy (non-hydrogen) atoms. The number of hydrogen-bond donors (Lipinski definition) is 1. The number of nitrogens with zero attached hydrogens (tertiary/aromatic N) is 1. The number of unbranched alkanes of at least 4 members (excludes halogenated alkanes) is 1. The van der Waals surface area contributed by atoms with Gasteiger partial charge in [0.15, 0.2) is 0 Å². The summed E-state index contributed by atoms with van der Waals surface area (Å²) < 4.78 is 26.6. The van der Waals surface area contributed by atoms with Crippen molar-refractivity contribution in [3.63, 3.8) is 0 Å². The topological polar surface area (TPSA) is 49.4 Å². The summed E-state index contributed by atoms with van der Waals surface area (Å²) in [6.45, 7) is 3.88. The fourth-order valence-corrected chi connectivity index (χ4v) is 3.47. The standard InChI is InChI=1S/C15H23N2O2S/c18-20(19,15-9-3-1-4-10-15)16-11-5-8-14-17-12-6-2-7-13-17/h1-4,9-10,16H,5-8,11-14H2. The Morgan fingerprint density at radius 2 is 1.75 bits per heavy atom. The molecule has 0 spiro atoms. The number of likely N-dealkylation sites (tertiary alicyclic amines) is 1. The van der Waals surface area contributed by atoms with Crippen LogP contribution in [0.5, 0.6) is 0 Å². The van der Waals surface area contributed by atoms with E-state index in [2.05, 4.69) is 16.0 Å². The van der Waals surface area contributed by atoms with Crippen LogP contribution in [0.4, 0.5) is 0 Å². The van der Waals surface area contributed by atoms with Gasteiger partial charge in [0.05, 0.1) is 4.90 Å². The molecule has 0 aromatic heterocycles. The number of benzene rings is 1. The number of nitrogens with one attached hydrogen (secondary N) is 1. The molecule has 0 aliphatic carbocycles. The summed E-state index contributed by atoms with van der Waals surface area (Å²) in [6, 6.07) is 8.53. The molecule has 1 aliphatic heterocycles. The van der Waals surface area contributed by atoms with Crippen molar-refractivity contribution in [2.24, 2.45) is 0 Å². The molecule has 1 aliphatic rings. The molecule has 1 heterocycles. The Hall–Kier alpha value is -0.910. The van der Waals surface area contributed by atoms with Crippen LogP contribution in [0.3, 0.4) is 0 Å². The van der Waals surface area contributed by atoms with Gasteiger partial charge >= 0.3 is 0 Å². The summed E-state index contributed by atoms with van der Waals surface area (Å²) in [5.74, 6) is 0. The van der Waals surface area contributed by atoms with Gasteiger partial charge in [0.1, 0.15) is 0 Å². The quantitative estimate of drug-likeness (QED) is 0.783. The normalized spacial score (nSPS) is 17.2. The molecule has 5 heteroatoms. The van der Waals surface area contributed by atoms with Gasteiger partial charge in [-0.05, 0) is 63.9 Å². The lowest BCUT2D eigenvalue weighted by atomic mass is 10.1. The monoisotopic (exact) mass is 295 g/mol. The Morgan fingerprint density at radius 3 is 2.45 bits per heavy atom. The Morgan fingerprint density at radius 1 is 1.05 bits per heavy atom. The first-order valence-corrected chi connectivity index (χ1v) is 8.75. The molecule has 1 aromatic rings. The van der Waals surface area contributed by atoms with Gasteiger partial charge in [-0.2, -0.15) is 0 Å². The molecule has 0 amide bonds. The zero-order chi connectivity index (χ0) is 14.3. The zero-order valence-corrected chi connectivity index (χ0v) is 12.6. The Balaban J connectivity index is 1.65. The van der Waals surface area contributed by atoms with Crippen molar-refractivity contribution >= 4 is 10.0 Å². The van der Waals surface area contributed by atoms with E-state index in [-0.39, 0.29) is 0 Å². The van der Waals surface area contributed by atoms with E-state index >= 15 is 0 Å². The van der Waals surface area contributed by atoms with Crippen molar-refractivity contribution in [1.29, 1.82) is 0 Å². The maximum Gasteiger partial charge on any atom is 0.240 e. The minimum atomic E-state index is -3.33. The minimum Gasteiger partial charge on any atom is -0.303 e. The van der Waals surface area contributed by atoms with E-state index in [1.54, 1.807) is 24.3 Å². The lowest BCUT2D eigenvalue weighted by molar-refractivity contribution is 0.249. The predicted octanol–water partition coefficient (Wildman–Crippen LogP) is 2.05. The van der Waals surface area contributed by atoms with Crippen LogP contribution in [-0.4, -0.2) is 39.5 Å². The Kier molecular flexibility index (Phi) is 6.01. The maximum absolute atomic E-state index is 12.0. The molecule has 1 fully saturated rings. The summed E-state index contributed by atoms with van der Waals surface area (Å²) in [6.07, 6.45) is 6.62. The van der Waals surface area contributed by atoms with E-state index in [0.717, 1.165) is 32.5 Å². The first kappa shape index (κ1) is 15.5. The Bertz CT molecular complexity index is 482. The van der Waals surface area contributed by atoms with Gasteiger partial charge in [-0.25, -0.2) is 13.1 Å². The Labute approximate surface area is 122 Å². The van der Waals surface area contributed by atoms with Gasteiger partial charge in [0.25, 0.3) is 0 Å². The molecule has 4 nitrogen and oxygen atoms in total. The van der Waals surface area contributed by atoms with E-state index in [4.69, 9.17) is 0 Å². The van der Waals surface area contributed by atoms with Crippen molar-refractivity contribution in [3.8, 4) is 0 Å². The van der Waals surface area contributed by atoms with E-state index in [0.29, 0.717) is 11.4 Å². The van der Waals surface area contributed by atoms with Crippen molar-refractivity contribution in [3.05, 3.63) is 36.8 Å². The third-order valence-electron chi connectivity index (χ3n) is 3.55. The van der Waals surface area contributed by atoms with Crippen LogP contribution in [0, 0.1) is 6.42 Å². The lowest BCUT2D eigenvalue weighted by Gasteiger charge is -2.26. The molecule has 1 aromatic carbocycles. The van der Waals surface area contributed by atoms with Crippen LogP contribution in [-0.2, 0) is 10.0 Å². The third-order valence-corrected chi connectivity index (χ3v) is 5.02. The summed E-state index contributed by atoms with van der Waals surface area (Å²) in [5.41, 5.74) is 0. The van der Waals surface area contributed by atoms with Gasteiger partial charge in [0.2, 0.25) is 10.0 Å². The molecule has 0 saturated carbocycles. The molecule has 1 radical (unpaired) electrons. The highest BCUT2D eigenvalue weighted by atomic mass is 32.2. The van der Waals surface area contributed by atoms with Gasteiger partial charge in [-0.3, -0.25) is 0 Å². The van der Waals surface area contributed by atoms with Gasteiger partial charge in [-0.1, -0.05) is 18.2 Å². The molecule has 0 unspecified atom stereocenters. The molecule has 0 atom stereocenters. The number of rotatable bonds is 7. The predicted molar refractivity (Wildman–Crippen MR) is 80.8 cm³/mol. The van der Waals surface area contributed by atoms with E-state index in [9.17, 15) is 8.42 Å². The average molecular weight is 295 g/mol. The highest BCUT2D eigenvalue weighted by molar-refractivity contribution is 7.89. The van der Waals surface area contributed by atoms with Crippen LogP contribution >= 0.6 is 0 Å². The molecular weight excluding hydrogens is 272 g/mol. The average Bonchev–Trinajstić information content (AvgIpc) is 2.49. The highest BCUT2D eigenvalue weighted by Gasteiger charge is 2.12. The highest BCUT2D eigenvalue weighted by Crippen LogP contribution is 2.09. The maximum atomic E-state index is 12.0. The molecule has 2 rings (SSSR count). The molecule has 1 N–H and O–H groups in total. The SMILES string of the molecule is O=S(=O)(NCCCCN1CC[CH]CC1)c1ccccc1. The second kappa shape index (κ2) is 7.76. The summed E-state index contributed by atoms with van der Waals surface area (Å²) >= 11 is 0. The smallest absolute Gasteiger partial charge is 0.240 e. The second-order valence-electron chi connectivity index (χ2n) is 5.13. The van der Waals surface area contributed by atoms with Gasteiger partial charge in [0, 0.05) is 6.54 Å². The first-order chi connectivity index (χ1) is 9.68. The number of piperidine rings is 1. The van der Waals surface area contributed by atoms with Crippen LogP contribution in [0.2, 0.25) is 0 Å². The second-order valence-corrected chi connectivity index (χ2v) is 6.89. The van der Waals surface area contributed by atoms with Crippen LogP contribution in [0.1, 0.15) is 25.7 Å². The fourth-order valence-electron chi connectivity index (χ4n) is 2.38. The summed E-state index contributed by atoms with van der Waals surface area (Å²) in [4.78, 5) is 2.79.